The summed E-state index contributed by atoms with van der Waals surface area (Å²) < 4.78 is 17.0. The van der Waals surface area contributed by atoms with Gasteiger partial charge in [-0.05, 0) is 44.4 Å². The van der Waals surface area contributed by atoms with Crippen molar-refractivity contribution in [3.63, 3.8) is 0 Å². The Bertz CT molecular complexity index is 834. The molecule has 0 radical (unpaired) electrons. The zero-order valence-corrected chi connectivity index (χ0v) is 21.5. The fourth-order valence-corrected chi connectivity index (χ4v) is 4.06. The number of allylic oxidation sites excluding steroid dienone is 1. The third kappa shape index (κ3) is 8.26. The SMILES string of the molecule is CCCCCCCCCOc1ccc(C2NC(=O)NC(CCC)=C2C(=O)OC(C)C)cc1OC. The summed E-state index contributed by atoms with van der Waals surface area (Å²) in [4.78, 5) is 25.3. The highest BCUT2D eigenvalue weighted by Gasteiger charge is 2.34. The van der Waals surface area contributed by atoms with Gasteiger partial charge in [0.15, 0.2) is 11.5 Å². The first kappa shape index (κ1) is 27.5. The minimum Gasteiger partial charge on any atom is -0.493 e. The van der Waals surface area contributed by atoms with Crippen molar-refractivity contribution in [3.8, 4) is 11.5 Å². The van der Waals surface area contributed by atoms with E-state index in [9.17, 15) is 9.59 Å². The van der Waals surface area contributed by atoms with Gasteiger partial charge in [0.2, 0.25) is 0 Å². The summed E-state index contributed by atoms with van der Waals surface area (Å²) in [5.74, 6) is 0.789. The van der Waals surface area contributed by atoms with E-state index in [0.29, 0.717) is 35.8 Å². The van der Waals surface area contributed by atoms with Gasteiger partial charge in [-0.2, -0.15) is 0 Å². The topological polar surface area (TPSA) is 85.9 Å². The van der Waals surface area contributed by atoms with Crippen LogP contribution in [0, 0.1) is 0 Å². The monoisotopic (exact) mass is 474 g/mol. The van der Waals surface area contributed by atoms with Crippen molar-refractivity contribution in [1.29, 1.82) is 0 Å². The van der Waals surface area contributed by atoms with Crippen molar-refractivity contribution in [2.45, 2.75) is 97.6 Å². The summed E-state index contributed by atoms with van der Waals surface area (Å²) in [6.45, 7) is 8.47. The van der Waals surface area contributed by atoms with Crippen LogP contribution in [0.2, 0.25) is 0 Å². The molecule has 0 fully saturated rings. The lowest BCUT2D eigenvalue weighted by Crippen LogP contribution is -2.46. The van der Waals surface area contributed by atoms with Gasteiger partial charge in [0.25, 0.3) is 0 Å². The summed E-state index contributed by atoms with van der Waals surface area (Å²) >= 11 is 0. The summed E-state index contributed by atoms with van der Waals surface area (Å²) in [5, 5.41) is 5.66. The number of amides is 2. The largest absolute Gasteiger partial charge is 0.493 e. The Morgan fingerprint density at radius 1 is 1.00 bits per heavy atom. The lowest BCUT2D eigenvalue weighted by molar-refractivity contribution is -0.143. The van der Waals surface area contributed by atoms with Gasteiger partial charge in [0.1, 0.15) is 0 Å². The molecular weight excluding hydrogens is 432 g/mol. The molecule has 1 atom stereocenters. The minimum atomic E-state index is -0.632. The highest BCUT2D eigenvalue weighted by atomic mass is 16.5. The van der Waals surface area contributed by atoms with E-state index >= 15 is 0 Å². The third-order valence-electron chi connectivity index (χ3n) is 5.74. The normalized spacial score (nSPS) is 15.7. The first-order valence-electron chi connectivity index (χ1n) is 12.7. The Morgan fingerprint density at radius 2 is 1.71 bits per heavy atom. The van der Waals surface area contributed by atoms with Gasteiger partial charge in [0, 0.05) is 5.70 Å². The fraction of sp³-hybridized carbons (Fsp3) is 0.630. The molecule has 1 aromatic carbocycles. The van der Waals surface area contributed by atoms with Crippen molar-refractivity contribution in [3.05, 3.63) is 35.0 Å². The van der Waals surface area contributed by atoms with Crippen LogP contribution in [-0.4, -0.2) is 31.8 Å². The van der Waals surface area contributed by atoms with Gasteiger partial charge in [-0.15, -0.1) is 0 Å². The molecule has 7 heteroatoms. The summed E-state index contributed by atoms with van der Waals surface area (Å²) in [7, 11) is 1.59. The first-order valence-corrected chi connectivity index (χ1v) is 12.7. The van der Waals surface area contributed by atoms with E-state index in [1.165, 1.54) is 32.1 Å². The number of hydrogen-bond donors (Lipinski definition) is 2. The molecule has 1 heterocycles. The van der Waals surface area contributed by atoms with Gasteiger partial charge >= 0.3 is 12.0 Å². The number of methoxy groups -OCH3 is 1. The van der Waals surface area contributed by atoms with E-state index in [1.807, 2.05) is 39.0 Å². The number of esters is 1. The first-order chi connectivity index (χ1) is 16.4. The van der Waals surface area contributed by atoms with Crippen LogP contribution in [0.15, 0.2) is 29.5 Å². The Hall–Kier alpha value is -2.70. The van der Waals surface area contributed by atoms with Crippen molar-refractivity contribution >= 4 is 12.0 Å². The van der Waals surface area contributed by atoms with E-state index in [4.69, 9.17) is 14.2 Å². The van der Waals surface area contributed by atoms with E-state index in [2.05, 4.69) is 17.6 Å². The Kier molecular flexibility index (Phi) is 11.8. The molecule has 2 rings (SSSR count). The van der Waals surface area contributed by atoms with Gasteiger partial charge in [-0.1, -0.05) is 64.9 Å². The number of benzene rings is 1. The Morgan fingerprint density at radius 3 is 2.35 bits per heavy atom. The van der Waals surface area contributed by atoms with E-state index in [0.717, 1.165) is 24.8 Å². The second-order valence-electron chi connectivity index (χ2n) is 9.01. The fourth-order valence-electron chi connectivity index (χ4n) is 4.06. The quantitative estimate of drug-likeness (QED) is 0.234. The number of unbranched alkanes of at least 4 members (excludes halogenated alkanes) is 6. The van der Waals surface area contributed by atoms with Crippen LogP contribution >= 0.6 is 0 Å². The predicted molar refractivity (Wildman–Crippen MR) is 134 cm³/mol. The molecule has 2 amide bonds. The molecule has 0 aromatic heterocycles. The lowest BCUT2D eigenvalue weighted by atomic mass is 9.93. The van der Waals surface area contributed by atoms with Crippen LogP contribution in [0.5, 0.6) is 11.5 Å². The van der Waals surface area contributed by atoms with Crippen LogP contribution in [0.4, 0.5) is 4.79 Å². The average Bonchev–Trinajstić information content (AvgIpc) is 2.80. The van der Waals surface area contributed by atoms with E-state index in [-0.39, 0.29) is 12.1 Å². The van der Waals surface area contributed by atoms with Crippen LogP contribution in [0.25, 0.3) is 0 Å². The number of nitrogens with one attached hydrogen (secondary N) is 2. The number of urea groups is 1. The molecule has 7 nitrogen and oxygen atoms in total. The number of rotatable bonds is 15. The van der Waals surface area contributed by atoms with Crippen LogP contribution < -0.4 is 20.1 Å². The summed E-state index contributed by atoms with van der Waals surface area (Å²) in [6, 6.07) is 4.56. The van der Waals surface area contributed by atoms with Gasteiger partial charge in [0.05, 0.1) is 31.4 Å². The number of carbonyl (C=O) groups excluding carboxylic acids is 2. The molecule has 1 aliphatic heterocycles. The molecule has 0 spiro atoms. The highest BCUT2D eigenvalue weighted by molar-refractivity contribution is 5.95. The minimum absolute atomic E-state index is 0.266. The van der Waals surface area contributed by atoms with Crippen molar-refractivity contribution in [2.75, 3.05) is 13.7 Å². The van der Waals surface area contributed by atoms with Crippen LogP contribution in [-0.2, 0) is 9.53 Å². The average molecular weight is 475 g/mol. The molecule has 0 bridgehead atoms. The maximum Gasteiger partial charge on any atom is 0.338 e. The zero-order valence-electron chi connectivity index (χ0n) is 21.5. The van der Waals surface area contributed by atoms with Crippen molar-refractivity contribution in [2.24, 2.45) is 0 Å². The second-order valence-corrected chi connectivity index (χ2v) is 9.01. The molecule has 190 valence electrons. The van der Waals surface area contributed by atoms with Crippen molar-refractivity contribution in [1.82, 2.24) is 10.6 Å². The second kappa shape index (κ2) is 14.5. The molecular formula is C27H42N2O5. The van der Waals surface area contributed by atoms with Crippen LogP contribution in [0.3, 0.4) is 0 Å². The number of carbonyl (C=O) groups is 2. The Labute approximate surface area is 204 Å². The molecule has 34 heavy (non-hydrogen) atoms. The zero-order chi connectivity index (χ0) is 24.9. The number of ether oxygens (including phenoxy) is 3. The summed E-state index contributed by atoms with van der Waals surface area (Å²) in [5.41, 5.74) is 1.76. The Balaban J connectivity index is 2.15. The van der Waals surface area contributed by atoms with E-state index < -0.39 is 12.0 Å². The standard InChI is InChI=1S/C27H42N2O5/c1-6-8-9-10-11-12-13-17-33-22-16-15-20(18-23(22)32-5)25-24(26(30)34-19(3)4)21(14-7-2)28-27(31)29-25/h15-16,18-19,25H,6-14,17H2,1-5H3,(H2,28,29,31). The highest BCUT2D eigenvalue weighted by Crippen LogP contribution is 2.35. The predicted octanol–water partition coefficient (Wildman–Crippen LogP) is 6.18. The molecule has 0 saturated heterocycles. The molecule has 0 aliphatic carbocycles. The molecule has 0 saturated carbocycles. The lowest BCUT2D eigenvalue weighted by Gasteiger charge is -2.30. The molecule has 1 unspecified atom stereocenters. The van der Waals surface area contributed by atoms with Gasteiger partial charge in [-0.25, -0.2) is 9.59 Å². The molecule has 2 N–H and O–H groups in total. The summed E-state index contributed by atoms with van der Waals surface area (Å²) in [6.07, 6.45) is 9.63. The van der Waals surface area contributed by atoms with Gasteiger partial charge in [-0.3, -0.25) is 0 Å². The maximum absolute atomic E-state index is 13.0. The third-order valence-corrected chi connectivity index (χ3v) is 5.74. The van der Waals surface area contributed by atoms with Gasteiger partial charge < -0.3 is 24.8 Å². The molecule has 1 aliphatic rings. The van der Waals surface area contributed by atoms with E-state index in [1.54, 1.807) is 7.11 Å². The smallest absolute Gasteiger partial charge is 0.338 e. The van der Waals surface area contributed by atoms with Crippen molar-refractivity contribution < 1.29 is 23.8 Å². The van der Waals surface area contributed by atoms with Crippen LogP contribution in [0.1, 0.15) is 97.1 Å². The maximum atomic E-state index is 13.0. The number of hydrogen-bond acceptors (Lipinski definition) is 5. The molecule has 1 aromatic rings.